The van der Waals surface area contributed by atoms with E-state index in [0.717, 1.165) is 12.8 Å². The fourth-order valence-electron chi connectivity index (χ4n) is 2.86. The lowest BCUT2D eigenvalue weighted by Crippen LogP contribution is -2.24. The number of carbonyl (C=O) groups excluding carboxylic acids is 1. The Balaban J connectivity index is 1.85. The van der Waals surface area contributed by atoms with Gasteiger partial charge in [-0.2, -0.15) is 5.10 Å². The van der Waals surface area contributed by atoms with Crippen LogP contribution in [0.25, 0.3) is 0 Å². The quantitative estimate of drug-likeness (QED) is 0.494. The monoisotopic (exact) mass is 384 g/mol. The van der Waals surface area contributed by atoms with Crippen molar-refractivity contribution in [1.82, 2.24) is 5.43 Å². The lowest BCUT2D eigenvalue weighted by molar-refractivity contribution is -0.123. The van der Waals surface area contributed by atoms with E-state index >= 15 is 0 Å². The van der Waals surface area contributed by atoms with E-state index in [9.17, 15) is 4.79 Å². The summed E-state index contributed by atoms with van der Waals surface area (Å²) in [7, 11) is 3.12. The lowest BCUT2D eigenvalue weighted by atomic mass is 9.97. The Bertz CT molecular complexity index is 788. The third-order valence-electron chi connectivity index (χ3n) is 4.37. The van der Waals surface area contributed by atoms with Gasteiger partial charge < -0.3 is 14.2 Å². The van der Waals surface area contributed by atoms with Crippen molar-refractivity contribution in [2.24, 2.45) is 5.10 Å². The summed E-state index contributed by atoms with van der Waals surface area (Å²) in [6, 6.07) is 13.3. The van der Waals surface area contributed by atoms with Crippen LogP contribution in [0.5, 0.6) is 17.2 Å². The van der Waals surface area contributed by atoms with Crippen molar-refractivity contribution < 1.29 is 19.0 Å². The van der Waals surface area contributed by atoms with Crippen molar-refractivity contribution in [1.29, 1.82) is 0 Å². The predicted molar refractivity (Wildman–Crippen MR) is 111 cm³/mol. The number of carbonyl (C=O) groups is 1. The summed E-state index contributed by atoms with van der Waals surface area (Å²) in [6.07, 6.45) is 3.81. The molecule has 0 aliphatic carbocycles. The average Bonchev–Trinajstić information content (AvgIpc) is 2.72. The number of para-hydroxylation sites is 1. The van der Waals surface area contributed by atoms with Crippen LogP contribution >= 0.6 is 0 Å². The number of hydrogen-bond acceptors (Lipinski definition) is 5. The number of benzene rings is 2. The zero-order chi connectivity index (χ0) is 20.4. The molecule has 0 aliphatic rings. The van der Waals surface area contributed by atoms with Gasteiger partial charge >= 0.3 is 0 Å². The topological polar surface area (TPSA) is 69.2 Å². The van der Waals surface area contributed by atoms with Crippen molar-refractivity contribution in [2.45, 2.75) is 32.6 Å². The molecule has 0 saturated carbocycles. The van der Waals surface area contributed by atoms with Crippen molar-refractivity contribution in [3.8, 4) is 17.2 Å². The molecule has 0 heterocycles. The van der Waals surface area contributed by atoms with Crippen LogP contribution < -0.4 is 19.6 Å². The summed E-state index contributed by atoms with van der Waals surface area (Å²) in [5.74, 6) is 1.97. The first kappa shape index (κ1) is 21.3. The van der Waals surface area contributed by atoms with Gasteiger partial charge in [-0.25, -0.2) is 5.43 Å². The first-order valence-corrected chi connectivity index (χ1v) is 9.34. The highest BCUT2D eigenvalue weighted by Crippen LogP contribution is 2.29. The summed E-state index contributed by atoms with van der Waals surface area (Å²) < 4.78 is 16.1. The van der Waals surface area contributed by atoms with Gasteiger partial charge in [-0.05, 0) is 42.2 Å². The molecule has 150 valence electrons. The molecule has 2 aromatic carbocycles. The van der Waals surface area contributed by atoms with Gasteiger partial charge in [-0.1, -0.05) is 38.5 Å². The Morgan fingerprint density at radius 1 is 1.14 bits per heavy atom. The van der Waals surface area contributed by atoms with E-state index in [1.807, 2.05) is 36.4 Å². The summed E-state index contributed by atoms with van der Waals surface area (Å²) in [6.45, 7) is 4.28. The highest BCUT2D eigenvalue weighted by molar-refractivity contribution is 5.86. The fourth-order valence-corrected chi connectivity index (χ4v) is 2.86. The van der Waals surface area contributed by atoms with Crippen molar-refractivity contribution >= 4 is 12.1 Å². The number of methoxy groups -OCH3 is 2. The number of hydrogen-bond donors (Lipinski definition) is 1. The molecule has 0 fully saturated rings. The van der Waals surface area contributed by atoms with Gasteiger partial charge in [0.05, 0.1) is 20.4 Å². The Morgan fingerprint density at radius 2 is 1.89 bits per heavy atom. The van der Waals surface area contributed by atoms with Crippen LogP contribution in [0.15, 0.2) is 47.6 Å². The predicted octanol–water partition coefficient (Wildman–Crippen LogP) is 4.14. The molecular formula is C22H28N2O4. The number of nitrogens with zero attached hydrogens (tertiary/aromatic N) is 1. The third-order valence-corrected chi connectivity index (χ3v) is 4.37. The number of nitrogens with one attached hydrogen (secondary N) is 1. The minimum Gasteiger partial charge on any atom is -0.493 e. The SMILES string of the molecule is CCCC(C)c1ccc(OCC(=O)N/N=C/c2cccc(OC)c2OC)cc1. The molecule has 6 nitrogen and oxygen atoms in total. The zero-order valence-corrected chi connectivity index (χ0v) is 16.9. The number of rotatable bonds is 10. The molecule has 28 heavy (non-hydrogen) atoms. The highest BCUT2D eigenvalue weighted by Gasteiger charge is 2.08. The number of ether oxygens (including phenoxy) is 3. The first-order chi connectivity index (χ1) is 13.6. The van der Waals surface area contributed by atoms with E-state index in [0.29, 0.717) is 28.7 Å². The summed E-state index contributed by atoms with van der Waals surface area (Å²) in [5.41, 5.74) is 4.41. The van der Waals surface area contributed by atoms with E-state index in [4.69, 9.17) is 14.2 Å². The summed E-state index contributed by atoms with van der Waals surface area (Å²) in [5, 5.41) is 3.96. The third kappa shape index (κ3) is 6.01. The second-order valence-corrected chi connectivity index (χ2v) is 6.42. The van der Waals surface area contributed by atoms with Gasteiger partial charge in [-0.3, -0.25) is 4.79 Å². The van der Waals surface area contributed by atoms with Crippen LogP contribution in [0, 0.1) is 0 Å². The normalized spacial score (nSPS) is 11.9. The Labute approximate surface area is 166 Å². The summed E-state index contributed by atoms with van der Waals surface area (Å²) in [4.78, 5) is 11.9. The van der Waals surface area contributed by atoms with E-state index in [2.05, 4.69) is 24.4 Å². The molecule has 0 aromatic heterocycles. The van der Waals surface area contributed by atoms with Gasteiger partial charge in [-0.15, -0.1) is 0 Å². The van der Waals surface area contributed by atoms with Gasteiger partial charge in [0.15, 0.2) is 18.1 Å². The van der Waals surface area contributed by atoms with Crippen LogP contribution in [-0.4, -0.2) is 32.9 Å². The first-order valence-electron chi connectivity index (χ1n) is 9.34. The van der Waals surface area contributed by atoms with Gasteiger partial charge in [0, 0.05) is 5.56 Å². The smallest absolute Gasteiger partial charge is 0.277 e. The highest BCUT2D eigenvalue weighted by atomic mass is 16.5. The van der Waals surface area contributed by atoms with Gasteiger partial charge in [0.1, 0.15) is 5.75 Å². The molecule has 1 atom stereocenters. The standard InChI is InChI=1S/C22H28N2O4/c1-5-7-16(2)17-10-12-19(13-11-17)28-15-21(25)24-23-14-18-8-6-9-20(26-3)22(18)27-4/h6,8-14,16H,5,7,15H2,1-4H3,(H,24,25)/b23-14+. The Hall–Kier alpha value is -3.02. The maximum Gasteiger partial charge on any atom is 0.277 e. The van der Waals surface area contributed by atoms with Crippen molar-refractivity contribution in [3.05, 3.63) is 53.6 Å². The van der Waals surface area contributed by atoms with Gasteiger partial charge in [0.2, 0.25) is 0 Å². The molecular weight excluding hydrogens is 356 g/mol. The van der Waals surface area contributed by atoms with E-state index in [1.54, 1.807) is 20.3 Å². The maximum atomic E-state index is 11.9. The second kappa shape index (κ2) is 11.0. The Morgan fingerprint density at radius 3 is 2.54 bits per heavy atom. The number of hydrazone groups is 1. The van der Waals surface area contributed by atoms with Crippen LogP contribution in [0.1, 0.15) is 43.7 Å². The van der Waals surface area contributed by atoms with Crippen LogP contribution in [0.3, 0.4) is 0 Å². The minimum atomic E-state index is -0.346. The zero-order valence-electron chi connectivity index (χ0n) is 16.9. The largest absolute Gasteiger partial charge is 0.493 e. The lowest BCUT2D eigenvalue weighted by Gasteiger charge is -2.11. The van der Waals surface area contributed by atoms with E-state index in [-0.39, 0.29) is 12.5 Å². The van der Waals surface area contributed by atoms with Crippen molar-refractivity contribution in [3.63, 3.8) is 0 Å². The average molecular weight is 384 g/mol. The minimum absolute atomic E-state index is 0.115. The van der Waals surface area contributed by atoms with Crippen molar-refractivity contribution in [2.75, 3.05) is 20.8 Å². The molecule has 1 N–H and O–H groups in total. The molecule has 0 bridgehead atoms. The van der Waals surface area contributed by atoms with E-state index in [1.165, 1.54) is 11.8 Å². The molecule has 0 saturated heterocycles. The Kier molecular flexibility index (Phi) is 8.34. The molecule has 0 aliphatic heterocycles. The maximum absolute atomic E-state index is 11.9. The van der Waals surface area contributed by atoms with Gasteiger partial charge in [0.25, 0.3) is 5.91 Å². The molecule has 0 radical (unpaired) electrons. The molecule has 1 unspecified atom stereocenters. The molecule has 0 spiro atoms. The van der Waals surface area contributed by atoms with Crippen LogP contribution in [0.4, 0.5) is 0 Å². The molecule has 2 aromatic rings. The van der Waals surface area contributed by atoms with Crippen LogP contribution in [-0.2, 0) is 4.79 Å². The molecule has 6 heteroatoms. The summed E-state index contributed by atoms with van der Waals surface area (Å²) >= 11 is 0. The van der Waals surface area contributed by atoms with Crippen LogP contribution in [0.2, 0.25) is 0 Å². The van der Waals surface area contributed by atoms with E-state index < -0.39 is 0 Å². The molecule has 1 amide bonds. The number of amides is 1. The fraction of sp³-hybridized carbons (Fsp3) is 0.364. The second-order valence-electron chi connectivity index (χ2n) is 6.42. The molecule has 2 rings (SSSR count).